The van der Waals surface area contributed by atoms with Crippen molar-refractivity contribution in [3.05, 3.63) is 57.3 Å². The first-order chi connectivity index (χ1) is 8.15. The molecule has 0 spiro atoms. The first kappa shape index (κ1) is 15.2. The average molecular weight is 285 g/mol. The van der Waals surface area contributed by atoms with Crippen molar-refractivity contribution in [2.24, 2.45) is 0 Å². The van der Waals surface area contributed by atoms with Crippen molar-refractivity contribution >= 4 is 24.2 Å². The normalized spacial score (nSPS) is 9.33. The molecule has 0 aliphatic rings. The van der Waals surface area contributed by atoms with E-state index in [1.54, 1.807) is 24.3 Å². The van der Waals surface area contributed by atoms with E-state index in [1.807, 2.05) is 6.07 Å². The molecule has 0 saturated carbocycles. The molecule has 6 heteroatoms. The number of para-hydroxylation sites is 1. The third kappa shape index (κ3) is 2.77. The molecule has 0 unspecified atom stereocenters. The second-order valence-corrected chi connectivity index (χ2v) is 4.08. The minimum atomic E-state index is -0.304. The van der Waals surface area contributed by atoms with E-state index in [2.05, 4.69) is 0 Å². The van der Waals surface area contributed by atoms with Gasteiger partial charge in [-0.25, -0.2) is 0 Å². The van der Waals surface area contributed by atoms with E-state index in [0.717, 1.165) is 0 Å². The molecule has 0 radical (unpaired) electrons. The first-order valence-electron chi connectivity index (χ1n) is 4.73. The van der Waals surface area contributed by atoms with Gasteiger partial charge in [-0.05, 0) is 18.2 Å². The van der Waals surface area contributed by atoms with Crippen LogP contribution in [0.3, 0.4) is 0 Å². The molecule has 1 aromatic heterocycles. The van der Waals surface area contributed by atoms with Crippen LogP contribution >= 0.6 is 11.6 Å². The number of hydrogen-bond acceptors (Lipinski definition) is 3. The summed E-state index contributed by atoms with van der Waals surface area (Å²) in [6.45, 7) is 0. The molecule has 0 saturated heterocycles. The standard InChI is InChI=1S/C12H7ClN2OS.Na/c13-9-3-1-2-4-10(9)15-11(16)6-5-8(7-14)12(15)17;/h1-6,17H;/q;+1/p-1. The van der Waals surface area contributed by atoms with Gasteiger partial charge in [0.15, 0.2) is 0 Å². The summed E-state index contributed by atoms with van der Waals surface area (Å²) >= 11 is 11.1. The number of halogens is 1. The topological polar surface area (TPSA) is 45.8 Å². The van der Waals surface area contributed by atoms with Gasteiger partial charge in [-0.1, -0.05) is 28.8 Å². The van der Waals surface area contributed by atoms with Crippen molar-refractivity contribution in [2.45, 2.75) is 5.03 Å². The van der Waals surface area contributed by atoms with E-state index >= 15 is 0 Å². The summed E-state index contributed by atoms with van der Waals surface area (Å²) in [7, 11) is 0. The number of rotatable bonds is 1. The molecule has 0 N–H and O–H groups in total. The van der Waals surface area contributed by atoms with Crippen molar-refractivity contribution in [3.8, 4) is 11.8 Å². The molecule has 0 amide bonds. The Morgan fingerprint density at radius 1 is 1.22 bits per heavy atom. The Morgan fingerprint density at radius 2 is 1.89 bits per heavy atom. The fraction of sp³-hybridized carbons (Fsp3) is 0. The molecule has 0 aliphatic heterocycles. The zero-order chi connectivity index (χ0) is 12.4. The second-order valence-electron chi connectivity index (χ2n) is 3.29. The van der Waals surface area contributed by atoms with Gasteiger partial charge in [0.05, 0.1) is 16.8 Å². The van der Waals surface area contributed by atoms with Gasteiger partial charge in [-0.3, -0.25) is 4.79 Å². The number of nitrogens with zero attached hydrogens (tertiary/aromatic N) is 2. The minimum absolute atomic E-state index is 0. The molecule has 0 fully saturated rings. The molecule has 1 heterocycles. The van der Waals surface area contributed by atoms with Crippen LogP contribution in [0.1, 0.15) is 5.56 Å². The van der Waals surface area contributed by atoms with E-state index in [0.29, 0.717) is 10.7 Å². The maximum atomic E-state index is 11.8. The number of benzene rings is 1. The van der Waals surface area contributed by atoms with Crippen molar-refractivity contribution in [3.63, 3.8) is 0 Å². The van der Waals surface area contributed by atoms with Crippen LogP contribution in [-0.2, 0) is 12.6 Å². The summed E-state index contributed by atoms with van der Waals surface area (Å²) < 4.78 is 1.26. The molecular weight excluding hydrogens is 279 g/mol. The molecule has 2 rings (SSSR count). The van der Waals surface area contributed by atoms with Crippen LogP contribution in [0.5, 0.6) is 0 Å². The van der Waals surface area contributed by atoms with Gasteiger partial charge in [-0.2, -0.15) is 5.26 Å². The van der Waals surface area contributed by atoms with Gasteiger partial charge in [0.1, 0.15) is 0 Å². The third-order valence-electron chi connectivity index (χ3n) is 2.26. The van der Waals surface area contributed by atoms with Crippen LogP contribution in [0.2, 0.25) is 5.02 Å². The molecule has 0 atom stereocenters. The molecule has 2 aromatic rings. The van der Waals surface area contributed by atoms with Crippen molar-refractivity contribution in [2.75, 3.05) is 0 Å². The minimum Gasteiger partial charge on any atom is -0.760 e. The van der Waals surface area contributed by atoms with Gasteiger partial charge in [0.2, 0.25) is 0 Å². The zero-order valence-corrected chi connectivity index (χ0v) is 13.1. The summed E-state index contributed by atoms with van der Waals surface area (Å²) in [6, 6.07) is 11.5. The Labute approximate surface area is 137 Å². The van der Waals surface area contributed by atoms with Crippen LogP contribution in [0, 0.1) is 11.3 Å². The molecule has 0 bridgehead atoms. The fourth-order valence-corrected chi connectivity index (χ4v) is 1.99. The first-order valence-corrected chi connectivity index (χ1v) is 5.52. The van der Waals surface area contributed by atoms with Crippen LogP contribution in [-0.4, -0.2) is 4.57 Å². The van der Waals surface area contributed by atoms with Gasteiger partial charge in [0, 0.05) is 11.6 Å². The monoisotopic (exact) mass is 284 g/mol. The third-order valence-corrected chi connectivity index (χ3v) is 2.98. The molecular formula is C12H6ClN2NaOS. The number of aromatic nitrogens is 1. The predicted octanol–water partition coefficient (Wildman–Crippen LogP) is -0.728. The molecule has 3 nitrogen and oxygen atoms in total. The smallest absolute Gasteiger partial charge is 0.760 e. The Hall–Kier alpha value is -0.830. The SMILES string of the molecule is N#Cc1ccc(=O)n(-c2ccccc2Cl)c1[S-].[Na+]. The van der Waals surface area contributed by atoms with E-state index in [4.69, 9.17) is 29.5 Å². The Morgan fingerprint density at radius 3 is 2.50 bits per heavy atom. The quantitative estimate of drug-likeness (QED) is 0.512. The fourth-order valence-electron chi connectivity index (χ4n) is 1.47. The van der Waals surface area contributed by atoms with E-state index in [-0.39, 0.29) is 45.7 Å². The Bertz CT molecular complexity index is 679. The van der Waals surface area contributed by atoms with Crippen molar-refractivity contribution in [1.82, 2.24) is 4.57 Å². The Balaban J connectivity index is 0.00000162. The predicted molar refractivity (Wildman–Crippen MR) is 67.4 cm³/mol. The van der Waals surface area contributed by atoms with Crippen LogP contribution in [0.15, 0.2) is 46.2 Å². The van der Waals surface area contributed by atoms with Gasteiger partial charge >= 0.3 is 29.6 Å². The number of nitriles is 1. The summed E-state index contributed by atoms with van der Waals surface area (Å²) in [5.41, 5.74) is 0.461. The molecule has 84 valence electrons. The maximum absolute atomic E-state index is 11.8. The average Bonchev–Trinajstić information content (AvgIpc) is 2.32. The van der Waals surface area contributed by atoms with E-state index in [1.165, 1.54) is 16.7 Å². The van der Waals surface area contributed by atoms with Crippen molar-refractivity contribution < 1.29 is 29.6 Å². The van der Waals surface area contributed by atoms with Crippen molar-refractivity contribution in [1.29, 1.82) is 5.26 Å². The molecule has 18 heavy (non-hydrogen) atoms. The molecule has 1 aromatic carbocycles. The summed E-state index contributed by atoms with van der Waals surface area (Å²) in [4.78, 5) is 11.8. The summed E-state index contributed by atoms with van der Waals surface area (Å²) in [6.07, 6.45) is 0. The van der Waals surface area contributed by atoms with Gasteiger partial charge < -0.3 is 17.2 Å². The van der Waals surface area contributed by atoms with Crippen LogP contribution < -0.4 is 35.1 Å². The maximum Gasteiger partial charge on any atom is 1.00 e. The van der Waals surface area contributed by atoms with Gasteiger partial charge in [0.25, 0.3) is 5.56 Å². The Kier molecular flexibility index (Phi) is 5.39. The molecule has 0 aliphatic carbocycles. The summed E-state index contributed by atoms with van der Waals surface area (Å²) in [5, 5.41) is 9.47. The van der Waals surface area contributed by atoms with Crippen LogP contribution in [0.4, 0.5) is 0 Å². The van der Waals surface area contributed by atoms with E-state index < -0.39 is 0 Å². The van der Waals surface area contributed by atoms with Gasteiger partial charge in [-0.15, -0.1) is 0 Å². The second kappa shape index (κ2) is 6.37. The van der Waals surface area contributed by atoms with Crippen LogP contribution in [0.25, 0.3) is 5.69 Å². The zero-order valence-electron chi connectivity index (χ0n) is 9.55. The number of pyridine rings is 1. The number of hydrogen-bond donors (Lipinski definition) is 0. The summed E-state index contributed by atoms with van der Waals surface area (Å²) in [5.74, 6) is 0. The van der Waals surface area contributed by atoms with E-state index in [9.17, 15) is 4.79 Å². The largest absolute Gasteiger partial charge is 1.00 e.